The van der Waals surface area contributed by atoms with Crippen LogP contribution in [0.2, 0.25) is 18.1 Å². The summed E-state index contributed by atoms with van der Waals surface area (Å²) < 4.78 is 6.90. The first-order chi connectivity index (χ1) is 15.3. The summed E-state index contributed by atoms with van der Waals surface area (Å²) in [5.41, 5.74) is 2.64. The molecule has 4 aliphatic carbocycles. The Kier molecular flexibility index (Phi) is 6.93. The average Bonchev–Trinajstić information content (AvgIpc) is 3.08. The van der Waals surface area contributed by atoms with Crippen molar-refractivity contribution in [1.29, 1.82) is 0 Å². The van der Waals surface area contributed by atoms with E-state index >= 15 is 0 Å². The number of fused-ring (bicyclic) bond motifs is 5. The molecule has 0 aromatic heterocycles. The molecular formula is C30H52O2Si. The van der Waals surface area contributed by atoms with Gasteiger partial charge in [-0.2, -0.15) is 0 Å². The molecule has 0 spiro atoms. The van der Waals surface area contributed by atoms with Gasteiger partial charge in [-0.25, -0.2) is 0 Å². The van der Waals surface area contributed by atoms with Gasteiger partial charge in [0.1, 0.15) is 6.29 Å². The maximum Gasteiger partial charge on any atom is 0.192 e. The Balaban J connectivity index is 1.49. The lowest BCUT2D eigenvalue weighted by Gasteiger charge is -2.59. The van der Waals surface area contributed by atoms with Gasteiger partial charge in [0.05, 0.1) is 0 Å². The molecule has 3 saturated carbocycles. The van der Waals surface area contributed by atoms with E-state index in [1.165, 1.54) is 51.4 Å². The Morgan fingerprint density at radius 3 is 2.52 bits per heavy atom. The number of aldehydes is 1. The second kappa shape index (κ2) is 8.91. The van der Waals surface area contributed by atoms with Gasteiger partial charge < -0.3 is 9.22 Å². The SMILES string of the molecule is CC(CCC=O)C1CCC2C3CC=C4C[C@@H](O[Si](C)(C)C(C)(C)C)CCC4(C)C3CCC12C. The molecule has 3 fully saturated rings. The van der Waals surface area contributed by atoms with E-state index in [1.807, 2.05) is 0 Å². The molecular weight excluding hydrogens is 420 g/mol. The fourth-order valence-electron chi connectivity index (χ4n) is 8.83. The molecule has 7 unspecified atom stereocenters. The zero-order valence-corrected chi connectivity index (χ0v) is 24.0. The Morgan fingerprint density at radius 1 is 1.12 bits per heavy atom. The van der Waals surface area contributed by atoms with Crippen molar-refractivity contribution in [3.8, 4) is 0 Å². The summed E-state index contributed by atoms with van der Waals surface area (Å²) in [4.78, 5) is 11.0. The first-order valence-corrected chi connectivity index (χ1v) is 17.1. The maximum atomic E-state index is 11.0. The van der Waals surface area contributed by atoms with Crippen molar-refractivity contribution in [2.75, 3.05) is 0 Å². The van der Waals surface area contributed by atoms with E-state index in [9.17, 15) is 4.79 Å². The zero-order chi connectivity index (χ0) is 24.2. The van der Waals surface area contributed by atoms with Crippen molar-refractivity contribution < 1.29 is 9.22 Å². The number of carbonyl (C=O) groups is 1. The van der Waals surface area contributed by atoms with Gasteiger partial charge in [0, 0.05) is 12.5 Å². The highest BCUT2D eigenvalue weighted by molar-refractivity contribution is 6.74. The van der Waals surface area contributed by atoms with Gasteiger partial charge in [0.15, 0.2) is 8.32 Å². The summed E-state index contributed by atoms with van der Waals surface area (Å²) in [7, 11) is -1.71. The first kappa shape index (κ1) is 25.7. The largest absolute Gasteiger partial charge is 0.414 e. The zero-order valence-electron chi connectivity index (χ0n) is 23.0. The second-order valence-corrected chi connectivity index (χ2v) is 19.2. The van der Waals surface area contributed by atoms with Crippen LogP contribution >= 0.6 is 0 Å². The molecule has 33 heavy (non-hydrogen) atoms. The van der Waals surface area contributed by atoms with Gasteiger partial charge in [-0.15, -0.1) is 0 Å². The number of rotatable bonds is 6. The lowest BCUT2D eigenvalue weighted by Crippen LogP contribution is -2.52. The van der Waals surface area contributed by atoms with Crippen molar-refractivity contribution in [2.24, 2.45) is 40.4 Å². The van der Waals surface area contributed by atoms with Crippen LogP contribution in [-0.4, -0.2) is 20.7 Å². The lowest BCUT2D eigenvalue weighted by atomic mass is 9.47. The van der Waals surface area contributed by atoms with Crippen LogP contribution in [0.1, 0.15) is 106 Å². The fourth-order valence-corrected chi connectivity index (χ4v) is 10.2. The van der Waals surface area contributed by atoms with Crippen LogP contribution in [0.25, 0.3) is 0 Å². The monoisotopic (exact) mass is 472 g/mol. The van der Waals surface area contributed by atoms with Crippen LogP contribution in [0.4, 0.5) is 0 Å². The first-order valence-electron chi connectivity index (χ1n) is 14.1. The van der Waals surface area contributed by atoms with E-state index in [0.717, 1.165) is 42.8 Å². The number of hydrogen-bond donors (Lipinski definition) is 0. The quantitative estimate of drug-likeness (QED) is 0.220. The van der Waals surface area contributed by atoms with Crippen molar-refractivity contribution in [3.05, 3.63) is 11.6 Å². The smallest absolute Gasteiger partial charge is 0.192 e. The average molecular weight is 473 g/mol. The molecule has 8 atom stereocenters. The molecule has 2 nitrogen and oxygen atoms in total. The van der Waals surface area contributed by atoms with Gasteiger partial charge in [-0.3, -0.25) is 0 Å². The van der Waals surface area contributed by atoms with Crippen molar-refractivity contribution in [2.45, 2.75) is 130 Å². The summed E-state index contributed by atoms with van der Waals surface area (Å²) in [5.74, 6) is 4.13. The maximum absolute atomic E-state index is 11.0. The molecule has 0 heterocycles. The summed E-state index contributed by atoms with van der Waals surface area (Å²) in [6.45, 7) is 19.6. The summed E-state index contributed by atoms with van der Waals surface area (Å²) >= 11 is 0. The van der Waals surface area contributed by atoms with Crippen LogP contribution in [0.3, 0.4) is 0 Å². The Bertz CT molecular complexity index is 764. The molecule has 3 heteroatoms. The fraction of sp³-hybridized carbons (Fsp3) is 0.900. The predicted octanol–water partition coefficient (Wildman–Crippen LogP) is 8.57. The van der Waals surface area contributed by atoms with Gasteiger partial charge in [-0.05, 0) is 116 Å². The van der Waals surface area contributed by atoms with E-state index < -0.39 is 8.32 Å². The second-order valence-electron chi connectivity index (χ2n) is 14.5. The number of allylic oxidation sites excluding steroid dienone is 1. The van der Waals surface area contributed by atoms with Crippen LogP contribution in [0.15, 0.2) is 11.6 Å². The molecule has 0 amide bonds. The lowest BCUT2D eigenvalue weighted by molar-refractivity contribution is -0.108. The number of hydrogen-bond acceptors (Lipinski definition) is 2. The number of carbonyl (C=O) groups excluding carboxylic acids is 1. The summed E-state index contributed by atoms with van der Waals surface area (Å²) in [6.07, 6.45) is 16.8. The van der Waals surface area contributed by atoms with E-state index in [-0.39, 0.29) is 5.04 Å². The molecule has 0 aromatic rings. The Hall–Kier alpha value is -0.413. The van der Waals surface area contributed by atoms with Crippen LogP contribution in [0.5, 0.6) is 0 Å². The summed E-state index contributed by atoms with van der Waals surface area (Å²) in [6, 6.07) is 0. The molecule has 0 bridgehead atoms. The Morgan fingerprint density at radius 2 is 1.85 bits per heavy atom. The third kappa shape index (κ3) is 4.37. The third-order valence-corrected chi connectivity index (χ3v) is 16.4. The van der Waals surface area contributed by atoms with Gasteiger partial charge >= 0.3 is 0 Å². The highest BCUT2D eigenvalue weighted by atomic mass is 28.4. The van der Waals surface area contributed by atoms with Crippen molar-refractivity contribution in [3.63, 3.8) is 0 Å². The minimum Gasteiger partial charge on any atom is -0.414 e. The van der Waals surface area contributed by atoms with Crippen molar-refractivity contribution in [1.82, 2.24) is 0 Å². The molecule has 0 N–H and O–H groups in total. The van der Waals surface area contributed by atoms with E-state index in [0.29, 0.717) is 22.9 Å². The van der Waals surface area contributed by atoms with Gasteiger partial charge in [-0.1, -0.05) is 53.2 Å². The predicted molar refractivity (Wildman–Crippen MR) is 142 cm³/mol. The van der Waals surface area contributed by atoms with E-state index in [2.05, 4.69) is 60.7 Å². The minimum absolute atomic E-state index is 0.287. The standard InChI is InChI=1S/C30H52O2Si/c1-21(10-9-19-31)25-13-14-26-24-12-11-22-20-23(32-33(7,8)28(2,3)4)15-17-29(22,5)27(24)16-18-30(25,26)6/h11,19,21,23-27H,9-10,12-18,20H2,1-8H3/t21?,23-,24?,25?,26?,27?,29?,30?/m0/s1. The molecule has 0 aromatic carbocycles. The molecule has 4 aliphatic rings. The highest BCUT2D eigenvalue weighted by Crippen LogP contribution is 2.67. The molecule has 0 aliphatic heterocycles. The van der Waals surface area contributed by atoms with Crippen LogP contribution in [-0.2, 0) is 9.22 Å². The van der Waals surface area contributed by atoms with Crippen LogP contribution in [0, 0.1) is 40.4 Å². The van der Waals surface area contributed by atoms with Gasteiger partial charge in [0.2, 0.25) is 0 Å². The molecule has 188 valence electrons. The molecule has 0 radical (unpaired) electrons. The normalized spacial score (nSPS) is 42.1. The van der Waals surface area contributed by atoms with E-state index in [4.69, 9.17) is 4.43 Å². The molecule has 0 saturated heterocycles. The highest BCUT2D eigenvalue weighted by Gasteiger charge is 2.59. The third-order valence-electron chi connectivity index (χ3n) is 11.8. The molecule has 4 rings (SSSR count). The van der Waals surface area contributed by atoms with Gasteiger partial charge in [0.25, 0.3) is 0 Å². The summed E-state index contributed by atoms with van der Waals surface area (Å²) in [5, 5.41) is 0.287. The minimum atomic E-state index is -1.71. The van der Waals surface area contributed by atoms with E-state index in [1.54, 1.807) is 5.57 Å². The topological polar surface area (TPSA) is 26.3 Å². The van der Waals surface area contributed by atoms with Crippen molar-refractivity contribution >= 4 is 14.6 Å². The Labute approximate surface area is 205 Å². The van der Waals surface area contributed by atoms with Crippen LogP contribution < -0.4 is 0 Å².